The van der Waals surface area contributed by atoms with Crippen molar-refractivity contribution < 1.29 is 9.53 Å². The molecule has 0 bridgehead atoms. The number of fused-ring (bicyclic) bond motifs is 1. The smallest absolute Gasteiger partial charge is 0.249 e. The lowest BCUT2D eigenvalue weighted by atomic mass is 10.1. The molecule has 0 spiro atoms. The highest BCUT2D eigenvalue weighted by Gasteiger charge is 2.20. The normalized spacial score (nSPS) is 13.8. The highest BCUT2D eigenvalue weighted by Crippen LogP contribution is 2.36. The molecule has 2 aromatic rings. The first-order valence-corrected chi connectivity index (χ1v) is 9.20. The molecule has 0 saturated heterocycles. The number of amides is 1. The SMILES string of the molecule is COc1ccc(C=CC(=O)Nc2sc3c(c2C#N)CCCCC3)cc1. The number of anilines is 1. The molecule has 1 aromatic carbocycles. The molecule has 25 heavy (non-hydrogen) atoms. The van der Waals surface area contributed by atoms with Crippen LogP contribution in [0.15, 0.2) is 30.3 Å². The third-order valence-electron chi connectivity index (χ3n) is 4.31. The van der Waals surface area contributed by atoms with Crippen molar-refractivity contribution in [2.75, 3.05) is 12.4 Å². The first-order valence-electron chi connectivity index (χ1n) is 8.39. The quantitative estimate of drug-likeness (QED) is 0.648. The summed E-state index contributed by atoms with van der Waals surface area (Å²) in [5.74, 6) is 0.559. The zero-order chi connectivity index (χ0) is 17.6. The second-order valence-corrected chi connectivity index (χ2v) is 7.08. The summed E-state index contributed by atoms with van der Waals surface area (Å²) in [4.78, 5) is 13.5. The Morgan fingerprint density at radius 1 is 1.24 bits per heavy atom. The van der Waals surface area contributed by atoms with Crippen LogP contribution in [0.25, 0.3) is 6.08 Å². The van der Waals surface area contributed by atoms with E-state index in [9.17, 15) is 10.1 Å². The molecule has 0 unspecified atom stereocenters. The van der Waals surface area contributed by atoms with Crippen LogP contribution in [0, 0.1) is 11.3 Å². The van der Waals surface area contributed by atoms with Crippen molar-refractivity contribution >= 4 is 28.3 Å². The largest absolute Gasteiger partial charge is 0.497 e. The molecule has 1 heterocycles. The number of hydrogen-bond acceptors (Lipinski definition) is 4. The molecular formula is C20H20N2O2S. The molecule has 4 nitrogen and oxygen atoms in total. The molecular weight excluding hydrogens is 332 g/mol. The number of methoxy groups -OCH3 is 1. The molecule has 1 aliphatic rings. The molecule has 0 atom stereocenters. The van der Waals surface area contributed by atoms with Crippen LogP contribution in [-0.4, -0.2) is 13.0 Å². The van der Waals surface area contributed by atoms with E-state index in [0.29, 0.717) is 10.6 Å². The van der Waals surface area contributed by atoms with E-state index >= 15 is 0 Å². The number of carbonyl (C=O) groups is 1. The van der Waals surface area contributed by atoms with E-state index in [0.717, 1.165) is 42.6 Å². The van der Waals surface area contributed by atoms with Gasteiger partial charge in [0.15, 0.2) is 0 Å². The molecule has 0 fully saturated rings. The number of rotatable bonds is 4. The Hall–Kier alpha value is -2.58. The number of hydrogen-bond donors (Lipinski definition) is 1. The number of nitrogens with one attached hydrogen (secondary N) is 1. The van der Waals surface area contributed by atoms with Crippen LogP contribution in [0.1, 0.15) is 40.8 Å². The van der Waals surface area contributed by atoms with Crippen LogP contribution in [0.3, 0.4) is 0 Å². The first-order chi connectivity index (χ1) is 12.2. The monoisotopic (exact) mass is 352 g/mol. The Bertz CT molecular complexity index is 829. The molecule has 1 N–H and O–H groups in total. The Labute approximate surface area is 151 Å². The van der Waals surface area contributed by atoms with Gasteiger partial charge in [0.05, 0.1) is 12.7 Å². The van der Waals surface area contributed by atoms with E-state index in [1.807, 2.05) is 24.3 Å². The van der Waals surface area contributed by atoms with E-state index in [4.69, 9.17) is 4.74 Å². The summed E-state index contributed by atoms with van der Waals surface area (Å²) in [6.07, 6.45) is 8.66. The number of thiophene rings is 1. The van der Waals surface area contributed by atoms with Gasteiger partial charge >= 0.3 is 0 Å². The van der Waals surface area contributed by atoms with Gasteiger partial charge in [0.1, 0.15) is 16.8 Å². The van der Waals surface area contributed by atoms with Crippen LogP contribution < -0.4 is 10.1 Å². The Morgan fingerprint density at radius 3 is 2.72 bits per heavy atom. The Kier molecular flexibility index (Phi) is 5.52. The molecule has 0 saturated carbocycles. The maximum absolute atomic E-state index is 12.2. The van der Waals surface area contributed by atoms with Crippen LogP contribution in [0.4, 0.5) is 5.00 Å². The average Bonchev–Trinajstić information content (AvgIpc) is 2.79. The van der Waals surface area contributed by atoms with Gasteiger partial charge in [-0.1, -0.05) is 18.6 Å². The van der Waals surface area contributed by atoms with Crippen LogP contribution in [-0.2, 0) is 17.6 Å². The van der Waals surface area contributed by atoms with Gasteiger partial charge in [0.2, 0.25) is 5.91 Å². The summed E-state index contributed by atoms with van der Waals surface area (Å²) in [7, 11) is 1.62. The summed E-state index contributed by atoms with van der Waals surface area (Å²) in [6.45, 7) is 0. The molecule has 5 heteroatoms. The van der Waals surface area contributed by atoms with Crippen molar-refractivity contribution in [3.8, 4) is 11.8 Å². The number of carbonyl (C=O) groups excluding carboxylic acids is 1. The third kappa shape index (κ3) is 4.09. The van der Waals surface area contributed by atoms with E-state index < -0.39 is 0 Å². The zero-order valence-corrected chi connectivity index (χ0v) is 15.0. The molecule has 128 valence electrons. The Morgan fingerprint density at radius 2 is 2.00 bits per heavy atom. The summed E-state index contributed by atoms with van der Waals surface area (Å²) in [5, 5.41) is 13.1. The zero-order valence-electron chi connectivity index (χ0n) is 14.2. The fraction of sp³-hybridized carbons (Fsp3) is 0.300. The summed E-state index contributed by atoms with van der Waals surface area (Å²) >= 11 is 1.55. The van der Waals surface area contributed by atoms with Gasteiger partial charge in [-0.25, -0.2) is 0 Å². The summed E-state index contributed by atoms with van der Waals surface area (Å²) in [5.41, 5.74) is 2.70. The fourth-order valence-electron chi connectivity index (χ4n) is 2.99. The van der Waals surface area contributed by atoms with E-state index in [1.54, 1.807) is 24.5 Å². The number of ether oxygens (including phenoxy) is 1. The molecule has 0 radical (unpaired) electrons. The van der Waals surface area contributed by atoms with Crippen molar-refractivity contribution in [1.82, 2.24) is 0 Å². The fourth-order valence-corrected chi connectivity index (χ4v) is 4.23. The second-order valence-electron chi connectivity index (χ2n) is 5.98. The predicted octanol–water partition coefficient (Wildman–Crippen LogP) is 4.55. The second kappa shape index (κ2) is 8.00. The van der Waals surface area contributed by atoms with Gasteiger partial charge in [0.25, 0.3) is 0 Å². The van der Waals surface area contributed by atoms with Crippen molar-refractivity contribution in [3.05, 3.63) is 51.9 Å². The van der Waals surface area contributed by atoms with Crippen LogP contribution in [0.2, 0.25) is 0 Å². The first kappa shape index (κ1) is 17.2. The van der Waals surface area contributed by atoms with Crippen molar-refractivity contribution in [2.24, 2.45) is 0 Å². The Balaban J connectivity index is 1.72. The maximum atomic E-state index is 12.2. The molecule has 1 aliphatic carbocycles. The van der Waals surface area contributed by atoms with Gasteiger partial charge in [0, 0.05) is 11.0 Å². The van der Waals surface area contributed by atoms with Crippen LogP contribution in [0.5, 0.6) is 5.75 Å². The molecule has 1 amide bonds. The molecule has 3 rings (SSSR count). The van der Waals surface area contributed by atoms with Gasteiger partial charge in [-0.3, -0.25) is 4.79 Å². The average molecular weight is 352 g/mol. The minimum absolute atomic E-state index is 0.219. The van der Waals surface area contributed by atoms with E-state index in [2.05, 4.69) is 11.4 Å². The number of benzene rings is 1. The number of nitriles is 1. The lowest BCUT2D eigenvalue weighted by molar-refractivity contribution is -0.111. The molecule has 0 aliphatic heterocycles. The van der Waals surface area contributed by atoms with Gasteiger partial charge in [-0.05, 0) is 55.0 Å². The van der Waals surface area contributed by atoms with Crippen molar-refractivity contribution in [1.29, 1.82) is 5.26 Å². The highest BCUT2D eigenvalue weighted by atomic mass is 32.1. The minimum atomic E-state index is -0.219. The van der Waals surface area contributed by atoms with Gasteiger partial charge < -0.3 is 10.1 Å². The lowest BCUT2D eigenvalue weighted by Gasteiger charge is -2.01. The third-order valence-corrected chi connectivity index (χ3v) is 5.52. The van der Waals surface area contributed by atoms with Gasteiger partial charge in [-0.2, -0.15) is 5.26 Å². The van der Waals surface area contributed by atoms with E-state index in [1.165, 1.54) is 17.4 Å². The maximum Gasteiger partial charge on any atom is 0.249 e. The highest BCUT2D eigenvalue weighted by molar-refractivity contribution is 7.16. The minimum Gasteiger partial charge on any atom is -0.497 e. The van der Waals surface area contributed by atoms with Crippen molar-refractivity contribution in [2.45, 2.75) is 32.1 Å². The lowest BCUT2D eigenvalue weighted by Crippen LogP contribution is -2.07. The number of nitrogens with zero attached hydrogens (tertiary/aromatic N) is 1. The standard InChI is InChI=1S/C20H20N2O2S/c1-24-15-10-7-14(8-11-15)9-12-19(23)22-20-17(13-21)16-5-3-2-4-6-18(16)25-20/h7-12H,2-6H2,1H3,(H,22,23). The van der Waals surface area contributed by atoms with Gasteiger partial charge in [-0.15, -0.1) is 11.3 Å². The molecule has 1 aromatic heterocycles. The summed E-state index contributed by atoms with van der Waals surface area (Å²) < 4.78 is 5.12. The van der Waals surface area contributed by atoms with E-state index in [-0.39, 0.29) is 5.91 Å². The summed E-state index contributed by atoms with van der Waals surface area (Å²) in [6, 6.07) is 9.75. The predicted molar refractivity (Wildman–Crippen MR) is 101 cm³/mol. The van der Waals surface area contributed by atoms with Crippen molar-refractivity contribution in [3.63, 3.8) is 0 Å². The van der Waals surface area contributed by atoms with Crippen LogP contribution >= 0.6 is 11.3 Å². The topological polar surface area (TPSA) is 62.1 Å². The number of aryl methyl sites for hydroxylation is 1.